The van der Waals surface area contributed by atoms with E-state index in [9.17, 15) is 14.4 Å². The second-order valence-electron chi connectivity index (χ2n) is 6.07. The van der Waals surface area contributed by atoms with Crippen LogP contribution < -0.4 is 10.6 Å². The van der Waals surface area contributed by atoms with Gasteiger partial charge in [0.25, 0.3) is 5.91 Å². The molecule has 26 heavy (non-hydrogen) atoms. The molecule has 2 N–H and O–H groups in total. The Kier molecular flexibility index (Phi) is 6.91. The zero-order valence-corrected chi connectivity index (χ0v) is 15.3. The highest BCUT2D eigenvalue weighted by molar-refractivity contribution is 6.30. The van der Waals surface area contributed by atoms with Gasteiger partial charge in [-0.15, -0.1) is 0 Å². The molecule has 3 amide bonds. The van der Waals surface area contributed by atoms with Gasteiger partial charge in [-0.25, -0.2) is 14.6 Å². The number of fused-ring (bicyclic) bond motifs is 1. The fourth-order valence-electron chi connectivity index (χ4n) is 2.20. The van der Waals surface area contributed by atoms with Crippen LogP contribution in [0.2, 0.25) is 5.15 Å². The van der Waals surface area contributed by atoms with Crippen LogP contribution >= 0.6 is 11.6 Å². The Balaban J connectivity index is 1.91. The first kappa shape index (κ1) is 19.7. The van der Waals surface area contributed by atoms with Gasteiger partial charge in [0.15, 0.2) is 6.61 Å². The second kappa shape index (κ2) is 9.15. The molecule has 0 fully saturated rings. The number of hydrogen-bond acceptors (Lipinski definition) is 5. The number of aromatic nitrogens is 1. The number of imide groups is 1. The van der Waals surface area contributed by atoms with E-state index in [4.69, 9.17) is 16.3 Å². The van der Waals surface area contributed by atoms with Crippen molar-refractivity contribution >= 4 is 40.4 Å². The van der Waals surface area contributed by atoms with Crippen LogP contribution in [0.15, 0.2) is 30.3 Å². The van der Waals surface area contributed by atoms with Crippen molar-refractivity contribution in [3.8, 4) is 0 Å². The number of hydrogen-bond donors (Lipinski definition) is 2. The molecule has 0 aliphatic heterocycles. The summed E-state index contributed by atoms with van der Waals surface area (Å²) < 4.78 is 4.98. The number of pyridine rings is 1. The summed E-state index contributed by atoms with van der Waals surface area (Å²) in [6.07, 6.45) is 0.798. The van der Waals surface area contributed by atoms with Crippen molar-refractivity contribution in [2.24, 2.45) is 5.92 Å². The van der Waals surface area contributed by atoms with Gasteiger partial charge in [-0.3, -0.25) is 10.1 Å². The van der Waals surface area contributed by atoms with Crippen molar-refractivity contribution in [1.82, 2.24) is 15.6 Å². The van der Waals surface area contributed by atoms with E-state index >= 15 is 0 Å². The largest absolute Gasteiger partial charge is 0.452 e. The van der Waals surface area contributed by atoms with Crippen LogP contribution in [0.5, 0.6) is 0 Å². The second-order valence-corrected chi connectivity index (χ2v) is 6.46. The molecule has 0 saturated carbocycles. The minimum absolute atomic E-state index is 0.143. The summed E-state index contributed by atoms with van der Waals surface area (Å²) >= 11 is 5.92. The van der Waals surface area contributed by atoms with Crippen molar-refractivity contribution in [3.05, 3.63) is 41.0 Å². The van der Waals surface area contributed by atoms with Gasteiger partial charge in [0.1, 0.15) is 5.15 Å². The Hall–Kier alpha value is -2.67. The Bertz CT molecular complexity index is 823. The van der Waals surface area contributed by atoms with Crippen LogP contribution in [0.1, 0.15) is 30.6 Å². The van der Waals surface area contributed by atoms with Crippen LogP contribution in [-0.4, -0.2) is 36.0 Å². The van der Waals surface area contributed by atoms with Crippen LogP contribution in [0, 0.1) is 5.92 Å². The lowest BCUT2D eigenvalue weighted by molar-refractivity contribution is -0.123. The normalized spacial score (nSPS) is 10.6. The maximum absolute atomic E-state index is 12.3. The average molecular weight is 378 g/mol. The average Bonchev–Trinajstić information content (AvgIpc) is 2.58. The minimum atomic E-state index is -0.721. The van der Waals surface area contributed by atoms with Gasteiger partial charge in [0.05, 0.1) is 11.1 Å². The summed E-state index contributed by atoms with van der Waals surface area (Å²) in [5.74, 6) is -1.00. The quantitative estimate of drug-likeness (QED) is 0.595. The molecular formula is C18H20ClN3O4. The van der Waals surface area contributed by atoms with Crippen molar-refractivity contribution in [1.29, 1.82) is 0 Å². The fraction of sp³-hybridized carbons (Fsp3) is 0.333. The van der Waals surface area contributed by atoms with Crippen molar-refractivity contribution in [3.63, 3.8) is 0 Å². The summed E-state index contributed by atoms with van der Waals surface area (Å²) in [5, 5.41) is 5.37. The van der Waals surface area contributed by atoms with Gasteiger partial charge < -0.3 is 10.1 Å². The number of nitrogens with zero attached hydrogens (tertiary/aromatic N) is 1. The lowest BCUT2D eigenvalue weighted by Gasteiger charge is -2.09. The van der Waals surface area contributed by atoms with Crippen molar-refractivity contribution in [2.45, 2.75) is 20.3 Å². The maximum atomic E-state index is 12.3. The molecule has 0 spiro atoms. The van der Waals surface area contributed by atoms with Crippen molar-refractivity contribution in [2.75, 3.05) is 13.2 Å². The summed E-state index contributed by atoms with van der Waals surface area (Å²) in [7, 11) is 0. The van der Waals surface area contributed by atoms with Gasteiger partial charge in [-0.1, -0.05) is 43.6 Å². The molecule has 0 atom stereocenters. The number of ether oxygens (including phenoxy) is 1. The van der Waals surface area contributed by atoms with Gasteiger partial charge in [0, 0.05) is 11.9 Å². The molecule has 138 valence electrons. The third-order valence-corrected chi connectivity index (χ3v) is 3.69. The predicted molar refractivity (Wildman–Crippen MR) is 98.0 cm³/mol. The van der Waals surface area contributed by atoms with Crippen LogP contribution in [0.25, 0.3) is 10.9 Å². The molecule has 0 unspecified atom stereocenters. The number of amides is 3. The Morgan fingerprint density at radius 3 is 2.69 bits per heavy atom. The molecule has 0 aliphatic rings. The monoisotopic (exact) mass is 377 g/mol. The summed E-state index contributed by atoms with van der Waals surface area (Å²) in [5.41, 5.74) is 0.746. The molecule has 1 aromatic carbocycles. The van der Waals surface area contributed by atoms with E-state index < -0.39 is 24.5 Å². The van der Waals surface area contributed by atoms with Gasteiger partial charge in [0.2, 0.25) is 0 Å². The van der Waals surface area contributed by atoms with Gasteiger partial charge in [-0.2, -0.15) is 0 Å². The van der Waals surface area contributed by atoms with E-state index in [-0.39, 0.29) is 10.7 Å². The van der Waals surface area contributed by atoms with E-state index in [1.807, 2.05) is 13.8 Å². The Labute approximate surface area is 156 Å². The number of urea groups is 1. The molecule has 7 nitrogen and oxygen atoms in total. The van der Waals surface area contributed by atoms with E-state index in [0.717, 1.165) is 6.42 Å². The highest BCUT2D eigenvalue weighted by Crippen LogP contribution is 2.21. The van der Waals surface area contributed by atoms with E-state index in [0.29, 0.717) is 23.4 Å². The highest BCUT2D eigenvalue weighted by Gasteiger charge is 2.16. The first-order valence-corrected chi connectivity index (χ1v) is 8.54. The van der Waals surface area contributed by atoms with Crippen molar-refractivity contribution < 1.29 is 19.1 Å². The summed E-state index contributed by atoms with van der Waals surface area (Å²) in [4.78, 5) is 39.7. The lowest BCUT2D eigenvalue weighted by Crippen LogP contribution is -2.42. The highest BCUT2D eigenvalue weighted by atomic mass is 35.5. The van der Waals surface area contributed by atoms with Crippen LogP contribution in [-0.2, 0) is 9.53 Å². The van der Waals surface area contributed by atoms with Gasteiger partial charge >= 0.3 is 12.0 Å². The molecule has 0 aliphatic carbocycles. The number of rotatable bonds is 6. The molecule has 2 aromatic rings. The van der Waals surface area contributed by atoms with E-state index in [2.05, 4.69) is 15.6 Å². The lowest BCUT2D eigenvalue weighted by atomic mass is 10.1. The molecule has 0 bridgehead atoms. The smallest absolute Gasteiger partial charge is 0.339 e. The van der Waals surface area contributed by atoms with Crippen LogP contribution in [0.3, 0.4) is 0 Å². The number of nitrogens with one attached hydrogen (secondary N) is 2. The topological polar surface area (TPSA) is 97.4 Å². The van der Waals surface area contributed by atoms with Crippen LogP contribution in [0.4, 0.5) is 4.79 Å². The SMILES string of the molecule is CC(C)CCNC(=O)NC(=O)COC(=O)c1cc(Cl)nc2ccccc12. The summed E-state index contributed by atoms with van der Waals surface area (Å²) in [6.45, 7) is 3.93. The third-order valence-electron chi connectivity index (χ3n) is 3.50. The Morgan fingerprint density at radius 1 is 1.23 bits per heavy atom. The molecule has 0 saturated heterocycles. The number of halogens is 1. The van der Waals surface area contributed by atoms with E-state index in [1.165, 1.54) is 6.07 Å². The zero-order valence-electron chi connectivity index (χ0n) is 14.5. The number of benzene rings is 1. The standard InChI is InChI=1S/C18H20ClN3O4/c1-11(2)7-8-20-18(25)22-16(23)10-26-17(24)13-9-15(19)21-14-6-4-3-5-12(13)14/h3-6,9,11H,7-8,10H2,1-2H3,(H2,20,22,23,25). The number of esters is 1. The predicted octanol–water partition coefficient (Wildman–Crippen LogP) is 2.92. The minimum Gasteiger partial charge on any atom is -0.452 e. The first-order valence-electron chi connectivity index (χ1n) is 8.17. The third kappa shape index (κ3) is 5.70. The molecule has 8 heteroatoms. The molecular weight excluding hydrogens is 358 g/mol. The Morgan fingerprint density at radius 2 is 1.96 bits per heavy atom. The molecule has 0 radical (unpaired) electrons. The molecule has 1 heterocycles. The first-order chi connectivity index (χ1) is 12.4. The van der Waals surface area contributed by atoms with E-state index in [1.54, 1.807) is 24.3 Å². The zero-order chi connectivity index (χ0) is 19.1. The van der Waals surface area contributed by atoms with Gasteiger partial charge in [-0.05, 0) is 24.5 Å². The number of para-hydroxylation sites is 1. The number of carbonyl (C=O) groups excluding carboxylic acids is 3. The molecule has 2 rings (SSSR count). The number of carbonyl (C=O) groups is 3. The molecule has 1 aromatic heterocycles. The summed E-state index contributed by atoms with van der Waals surface area (Å²) in [6, 6.07) is 7.70. The maximum Gasteiger partial charge on any atom is 0.339 e. The fourth-order valence-corrected chi connectivity index (χ4v) is 2.40.